The molecule has 0 unspecified atom stereocenters. The minimum atomic E-state index is 0.337. The smallest absolute Gasteiger partial charge is 0.153 e. The summed E-state index contributed by atoms with van der Waals surface area (Å²) in [6.07, 6.45) is 0.688. The molecule has 20 heavy (non-hydrogen) atoms. The second-order valence-electron chi connectivity index (χ2n) is 4.63. The summed E-state index contributed by atoms with van der Waals surface area (Å²) in [6.45, 7) is 4.45. The maximum absolute atomic E-state index is 11.0. The van der Waals surface area contributed by atoms with Gasteiger partial charge in [-0.2, -0.15) is 0 Å². The number of benzene rings is 2. The summed E-state index contributed by atoms with van der Waals surface area (Å²) in [5.41, 5.74) is 3.80. The highest BCUT2D eigenvalue weighted by atomic mass is 35.5. The number of aryl methyl sites for hydroxylation is 2. The minimum absolute atomic E-state index is 0.337. The van der Waals surface area contributed by atoms with Gasteiger partial charge in [0.05, 0.1) is 10.6 Å². The number of rotatable bonds is 4. The predicted molar refractivity (Wildman–Crippen MR) is 82.1 cm³/mol. The Balaban J connectivity index is 2.22. The molecule has 0 saturated carbocycles. The molecular weight excluding hydrogens is 295 g/mol. The van der Waals surface area contributed by atoms with E-state index in [2.05, 4.69) is 13.0 Å². The highest BCUT2D eigenvalue weighted by Crippen LogP contribution is 2.32. The summed E-state index contributed by atoms with van der Waals surface area (Å²) in [5.74, 6) is 0.365. The molecule has 104 valence electrons. The van der Waals surface area contributed by atoms with Gasteiger partial charge in [-0.25, -0.2) is 0 Å². The van der Waals surface area contributed by atoms with Gasteiger partial charge in [0.2, 0.25) is 0 Å². The van der Waals surface area contributed by atoms with Crippen LogP contribution in [0.3, 0.4) is 0 Å². The fourth-order valence-electron chi connectivity index (χ4n) is 1.87. The van der Waals surface area contributed by atoms with Crippen molar-refractivity contribution in [1.29, 1.82) is 0 Å². The van der Waals surface area contributed by atoms with E-state index in [-0.39, 0.29) is 0 Å². The predicted octanol–water partition coefficient (Wildman–Crippen LogP) is 5.00. The van der Waals surface area contributed by atoms with Crippen LogP contribution >= 0.6 is 23.2 Å². The maximum atomic E-state index is 11.0. The van der Waals surface area contributed by atoms with Gasteiger partial charge in [0.25, 0.3) is 0 Å². The highest BCUT2D eigenvalue weighted by Gasteiger charge is 2.10. The van der Waals surface area contributed by atoms with Crippen LogP contribution in [0.1, 0.15) is 27.0 Å². The third-order valence-corrected chi connectivity index (χ3v) is 3.62. The van der Waals surface area contributed by atoms with Gasteiger partial charge in [0.1, 0.15) is 12.4 Å². The van der Waals surface area contributed by atoms with Crippen LogP contribution in [-0.2, 0) is 6.61 Å². The van der Waals surface area contributed by atoms with Gasteiger partial charge in [-0.15, -0.1) is 0 Å². The van der Waals surface area contributed by atoms with Crippen LogP contribution in [0, 0.1) is 13.8 Å². The summed E-state index contributed by atoms with van der Waals surface area (Å²) < 4.78 is 5.67. The van der Waals surface area contributed by atoms with Crippen LogP contribution in [0.15, 0.2) is 30.3 Å². The average Bonchev–Trinajstić information content (AvgIpc) is 2.40. The zero-order valence-corrected chi connectivity index (χ0v) is 12.8. The molecule has 2 aromatic rings. The zero-order chi connectivity index (χ0) is 14.7. The van der Waals surface area contributed by atoms with Crippen molar-refractivity contribution in [3.63, 3.8) is 0 Å². The SMILES string of the molecule is Cc1ccc(COc2c(Cl)cc(Cl)cc2C=O)cc1C. The lowest BCUT2D eigenvalue weighted by Crippen LogP contribution is -2.00. The first-order valence-electron chi connectivity index (χ1n) is 6.14. The lowest BCUT2D eigenvalue weighted by molar-refractivity contribution is 0.111. The van der Waals surface area contributed by atoms with E-state index in [9.17, 15) is 4.79 Å². The number of aldehydes is 1. The number of ether oxygens (including phenoxy) is 1. The topological polar surface area (TPSA) is 26.3 Å². The van der Waals surface area contributed by atoms with Crippen molar-refractivity contribution in [2.45, 2.75) is 20.5 Å². The minimum Gasteiger partial charge on any atom is -0.487 e. The van der Waals surface area contributed by atoms with E-state index in [0.29, 0.717) is 34.3 Å². The molecule has 0 aliphatic rings. The summed E-state index contributed by atoms with van der Waals surface area (Å²) in [6, 6.07) is 9.19. The van der Waals surface area contributed by atoms with Gasteiger partial charge in [-0.3, -0.25) is 4.79 Å². The summed E-state index contributed by atoms with van der Waals surface area (Å²) in [4.78, 5) is 11.0. The van der Waals surface area contributed by atoms with Crippen LogP contribution in [0.2, 0.25) is 10.0 Å². The van der Waals surface area contributed by atoms with E-state index in [1.165, 1.54) is 17.2 Å². The Bertz CT molecular complexity index is 651. The van der Waals surface area contributed by atoms with E-state index < -0.39 is 0 Å². The number of carbonyl (C=O) groups excluding carboxylic acids is 1. The second-order valence-corrected chi connectivity index (χ2v) is 5.47. The van der Waals surface area contributed by atoms with Gasteiger partial charge in [-0.1, -0.05) is 41.4 Å². The molecule has 0 spiro atoms. The first-order chi connectivity index (χ1) is 9.51. The number of carbonyl (C=O) groups is 1. The highest BCUT2D eigenvalue weighted by molar-refractivity contribution is 6.36. The lowest BCUT2D eigenvalue weighted by Gasteiger charge is -2.12. The van der Waals surface area contributed by atoms with Gasteiger partial charge < -0.3 is 4.74 Å². The monoisotopic (exact) mass is 308 g/mol. The molecule has 0 aliphatic carbocycles. The van der Waals surface area contributed by atoms with Gasteiger partial charge in [-0.05, 0) is 42.7 Å². The molecule has 0 saturated heterocycles. The van der Waals surface area contributed by atoms with Gasteiger partial charge in [0, 0.05) is 5.02 Å². The Kier molecular flexibility index (Phi) is 4.69. The molecule has 0 atom stereocenters. The molecular formula is C16H14Cl2O2. The fraction of sp³-hybridized carbons (Fsp3) is 0.188. The maximum Gasteiger partial charge on any atom is 0.153 e. The standard InChI is InChI=1S/C16H14Cl2O2/c1-10-3-4-12(5-11(10)2)9-20-16-13(8-19)6-14(17)7-15(16)18/h3-8H,9H2,1-2H3. The molecule has 0 aliphatic heterocycles. The largest absolute Gasteiger partial charge is 0.487 e. The van der Waals surface area contributed by atoms with Crippen molar-refractivity contribution >= 4 is 29.5 Å². The van der Waals surface area contributed by atoms with Crippen LogP contribution in [-0.4, -0.2) is 6.29 Å². The molecule has 0 heterocycles. The van der Waals surface area contributed by atoms with E-state index in [1.807, 2.05) is 19.1 Å². The molecule has 0 fully saturated rings. The Morgan fingerprint density at radius 1 is 1.10 bits per heavy atom. The quantitative estimate of drug-likeness (QED) is 0.743. The number of halogens is 2. The van der Waals surface area contributed by atoms with Gasteiger partial charge >= 0.3 is 0 Å². The molecule has 0 bridgehead atoms. The van der Waals surface area contributed by atoms with E-state index >= 15 is 0 Å². The molecule has 0 radical (unpaired) electrons. The zero-order valence-electron chi connectivity index (χ0n) is 11.2. The van der Waals surface area contributed by atoms with Crippen molar-refractivity contribution in [1.82, 2.24) is 0 Å². The first kappa shape index (κ1) is 14.9. The van der Waals surface area contributed by atoms with Crippen molar-refractivity contribution in [2.24, 2.45) is 0 Å². The van der Waals surface area contributed by atoms with Crippen LogP contribution in [0.5, 0.6) is 5.75 Å². The third-order valence-electron chi connectivity index (χ3n) is 3.12. The van der Waals surface area contributed by atoms with Crippen molar-refractivity contribution in [3.05, 3.63) is 62.6 Å². The fourth-order valence-corrected chi connectivity index (χ4v) is 2.43. The molecule has 2 nitrogen and oxygen atoms in total. The van der Waals surface area contributed by atoms with Crippen molar-refractivity contribution in [2.75, 3.05) is 0 Å². The van der Waals surface area contributed by atoms with E-state index in [1.54, 1.807) is 6.07 Å². The molecule has 0 N–H and O–H groups in total. The second kappa shape index (κ2) is 6.29. The summed E-state index contributed by atoms with van der Waals surface area (Å²) in [7, 11) is 0. The molecule has 2 aromatic carbocycles. The van der Waals surface area contributed by atoms with E-state index in [4.69, 9.17) is 27.9 Å². The average molecular weight is 309 g/mol. The van der Waals surface area contributed by atoms with Crippen LogP contribution in [0.25, 0.3) is 0 Å². The number of hydrogen-bond acceptors (Lipinski definition) is 2. The van der Waals surface area contributed by atoms with Crippen LogP contribution in [0.4, 0.5) is 0 Å². The normalized spacial score (nSPS) is 10.4. The molecule has 0 amide bonds. The van der Waals surface area contributed by atoms with Crippen molar-refractivity contribution in [3.8, 4) is 5.75 Å². The first-order valence-corrected chi connectivity index (χ1v) is 6.90. The summed E-state index contributed by atoms with van der Waals surface area (Å²) in [5, 5.41) is 0.749. The molecule has 0 aromatic heterocycles. The Hall–Kier alpha value is -1.51. The van der Waals surface area contributed by atoms with Gasteiger partial charge in [0.15, 0.2) is 6.29 Å². The summed E-state index contributed by atoms with van der Waals surface area (Å²) >= 11 is 11.9. The third kappa shape index (κ3) is 3.33. The molecule has 2 rings (SSSR count). The Labute approximate surface area is 128 Å². The van der Waals surface area contributed by atoms with Crippen molar-refractivity contribution < 1.29 is 9.53 Å². The Morgan fingerprint density at radius 3 is 2.50 bits per heavy atom. The lowest BCUT2D eigenvalue weighted by atomic mass is 10.1. The van der Waals surface area contributed by atoms with Crippen LogP contribution < -0.4 is 4.74 Å². The Morgan fingerprint density at radius 2 is 1.85 bits per heavy atom. The number of hydrogen-bond donors (Lipinski definition) is 0. The molecule has 4 heteroatoms. The van der Waals surface area contributed by atoms with E-state index in [0.717, 1.165) is 5.56 Å².